The number of alkyl halides is 1. The number of aryl methyl sites for hydroxylation is 2. The third-order valence-electron chi connectivity index (χ3n) is 3.49. The van der Waals surface area contributed by atoms with Crippen LogP contribution < -0.4 is 0 Å². The predicted octanol–water partition coefficient (Wildman–Crippen LogP) is 2.97. The molecule has 0 unspecified atom stereocenters. The molecule has 0 N–H and O–H groups in total. The molecule has 0 aliphatic heterocycles. The first-order valence-corrected chi connectivity index (χ1v) is 7.77. The molecular formula is C16H19FN6. The zero-order valence-corrected chi connectivity index (χ0v) is 13.1. The second-order valence-electron chi connectivity index (χ2n) is 5.23. The Bertz CT molecular complexity index is 749. The van der Waals surface area contributed by atoms with Crippen molar-refractivity contribution in [3.05, 3.63) is 36.8 Å². The number of pyridine rings is 1. The molecule has 6 nitrogen and oxygen atoms in total. The van der Waals surface area contributed by atoms with Crippen LogP contribution in [0.5, 0.6) is 0 Å². The summed E-state index contributed by atoms with van der Waals surface area (Å²) in [5.74, 6) is 1.33. The van der Waals surface area contributed by atoms with Crippen molar-refractivity contribution in [1.82, 2.24) is 29.5 Å². The highest BCUT2D eigenvalue weighted by Gasteiger charge is 2.15. The van der Waals surface area contributed by atoms with E-state index < -0.39 is 6.67 Å². The molecule has 0 amide bonds. The van der Waals surface area contributed by atoms with E-state index in [-0.39, 0.29) is 6.54 Å². The van der Waals surface area contributed by atoms with Gasteiger partial charge in [-0.15, -0.1) is 5.10 Å². The lowest BCUT2D eigenvalue weighted by Gasteiger charge is -2.02. The molecule has 7 heteroatoms. The summed E-state index contributed by atoms with van der Waals surface area (Å²) < 4.78 is 15.9. The van der Waals surface area contributed by atoms with Crippen molar-refractivity contribution >= 4 is 0 Å². The molecule has 0 aliphatic carbocycles. The Morgan fingerprint density at radius 2 is 2.13 bits per heavy atom. The van der Waals surface area contributed by atoms with Crippen molar-refractivity contribution in [2.24, 2.45) is 0 Å². The average Bonchev–Trinajstić information content (AvgIpc) is 3.21. The van der Waals surface area contributed by atoms with Gasteiger partial charge in [0.2, 0.25) is 0 Å². The molecule has 3 rings (SSSR count). The quantitative estimate of drug-likeness (QED) is 0.672. The molecule has 0 atom stereocenters. The van der Waals surface area contributed by atoms with Crippen LogP contribution in [0, 0.1) is 0 Å². The van der Waals surface area contributed by atoms with Gasteiger partial charge in [0.1, 0.15) is 12.4 Å². The highest BCUT2D eigenvalue weighted by molar-refractivity contribution is 5.58. The molecule has 0 saturated carbocycles. The second-order valence-corrected chi connectivity index (χ2v) is 5.23. The summed E-state index contributed by atoms with van der Waals surface area (Å²) >= 11 is 0. The average molecular weight is 314 g/mol. The van der Waals surface area contributed by atoms with E-state index in [1.807, 2.05) is 22.9 Å². The van der Waals surface area contributed by atoms with Crippen LogP contribution >= 0.6 is 0 Å². The van der Waals surface area contributed by atoms with Crippen LogP contribution in [-0.4, -0.2) is 36.2 Å². The molecule has 3 aromatic rings. The van der Waals surface area contributed by atoms with Gasteiger partial charge in [0.25, 0.3) is 0 Å². The number of hydrogen-bond donors (Lipinski definition) is 0. The fourth-order valence-electron chi connectivity index (χ4n) is 2.31. The Labute approximate surface area is 134 Å². The van der Waals surface area contributed by atoms with E-state index in [1.165, 1.54) is 0 Å². The molecule has 0 spiro atoms. The van der Waals surface area contributed by atoms with E-state index in [1.54, 1.807) is 23.3 Å². The Balaban J connectivity index is 1.97. The van der Waals surface area contributed by atoms with Crippen LogP contribution in [0.25, 0.3) is 22.9 Å². The van der Waals surface area contributed by atoms with Gasteiger partial charge < -0.3 is 0 Å². The van der Waals surface area contributed by atoms with Crippen LogP contribution in [0.1, 0.15) is 19.8 Å². The van der Waals surface area contributed by atoms with Gasteiger partial charge in [-0.05, 0) is 18.6 Å². The van der Waals surface area contributed by atoms with E-state index in [9.17, 15) is 4.39 Å². The lowest BCUT2D eigenvalue weighted by molar-refractivity contribution is 0.427. The molecule has 0 aromatic carbocycles. The fraction of sp³-hybridized carbons (Fsp3) is 0.375. The van der Waals surface area contributed by atoms with E-state index in [4.69, 9.17) is 0 Å². The molecular weight excluding hydrogens is 295 g/mol. The third kappa shape index (κ3) is 3.44. The maximum absolute atomic E-state index is 12.5. The zero-order valence-electron chi connectivity index (χ0n) is 13.1. The van der Waals surface area contributed by atoms with Gasteiger partial charge in [0.05, 0.1) is 18.3 Å². The molecule has 0 fully saturated rings. The van der Waals surface area contributed by atoms with Gasteiger partial charge in [0, 0.05) is 18.9 Å². The van der Waals surface area contributed by atoms with E-state index in [2.05, 4.69) is 27.1 Å². The lowest BCUT2D eigenvalue weighted by Crippen LogP contribution is -2.02. The monoisotopic (exact) mass is 314 g/mol. The van der Waals surface area contributed by atoms with Crippen molar-refractivity contribution in [3.8, 4) is 22.9 Å². The first-order valence-electron chi connectivity index (χ1n) is 7.77. The summed E-state index contributed by atoms with van der Waals surface area (Å²) in [5, 5.41) is 8.75. The van der Waals surface area contributed by atoms with Crippen LogP contribution in [0.2, 0.25) is 0 Å². The van der Waals surface area contributed by atoms with Crippen molar-refractivity contribution in [2.75, 3.05) is 6.67 Å². The zero-order chi connectivity index (χ0) is 16.1. The van der Waals surface area contributed by atoms with Crippen LogP contribution in [-0.2, 0) is 13.1 Å². The number of nitrogens with zero attached hydrogens (tertiary/aromatic N) is 6. The molecule has 120 valence electrons. The van der Waals surface area contributed by atoms with Gasteiger partial charge in [-0.25, -0.2) is 14.1 Å². The summed E-state index contributed by atoms with van der Waals surface area (Å²) in [6, 6.07) is 5.66. The number of unbranched alkanes of at least 4 members (excludes halogenated alkanes) is 1. The van der Waals surface area contributed by atoms with Gasteiger partial charge in [-0.3, -0.25) is 9.67 Å². The summed E-state index contributed by atoms with van der Waals surface area (Å²) in [5.41, 5.74) is 1.57. The first-order chi connectivity index (χ1) is 11.3. The van der Waals surface area contributed by atoms with E-state index >= 15 is 0 Å². The molecule has 0 aliphatic rings. The Kier molecular flexibility index (Phi) is 4.75. The second kappa shape index (κ2) is 7.13. The van der Waals surface area contributed by atoms with Gasteiger partial charge in [0.15, 0.2) is 11.6 Å². The lowest BCUT2D eigenvalue weighted by atomic mass is 10.3. The first kappa shape index (κ1) is 15.3. The molecule has 0 radical (unpaired) electrons. The Hall–Kier alpha value is -2.57. The fourth-order valence-corrected chi connectivity index (χ4v) is 2.31. The van der Waals surface area contributed by atoms with Gasteiger partial charge >= 0.3 is 0 Å². The Morgan fingerprint density at radius 3 is 2.87 bits per heavy atom. The standard InChI is InChI=1S/C16H19FN6/c1-2-3-9-23-16(13-11-19-22(12-13)10-7-17)20-15(21-23)14-6-4-5-8-18-14/h4-6,8,11-12H,2-3,7,9-10H2,1H3. The van der Waals surface area contributed by atoms with E-state index in [0.717, 1.165) is 36.5 Å². The smallest absolute Gasteiger partial charge is 0.200 e. The summed E-state index contributed by atoms with van der Waals surface area (Å²) in [7, 11) is 0. The molecule has 3 aromatic heterocycles. The largest absolute Gasteiger partial charge is 0.269 e. The van der Waals surface area contributed by atoms with Gasteiger partial charge in [-0.1, -0.05) is 19.4 Å². The number of hydrogen-bond acceptors (Lipinski definition) is 4. The third-order valence-corrected chi connectivity index (χ3v) is 3.49. The predicted molar refractivity (Wildman–Crippen MR) is 85.4 cm³/mol. The minimum Gasteiger partial charge on any atom is -0.269 e. The summed E-state index contributed by atoms with van der Waals surface area (Å²) in [6.45, 7) is 2.72. The van der Waals surface area contributed by atoms with Crippen LogP contribution in [0.4, 0.5) is 4.39 Å². The molecule has 23 heavy (non-hydrogen) atoms. The normalized spacial score (nSPS) is 11.0. The molecule has 3 heterocycles. The maximum Gasteiger partial charge on any atom is 0.200 e. The van der Waals surface area contributed by atoms with Crippen LogP contribution in [0.15, 0.2) is 36.8 Å². The van der Waals surface area contributed by atoms with E-state index in [0.29, 0.717) is 5.82 Å². The van der Waals surface area contributed by atoms with Gasteiger partial charge in [-0.2, -0.15) is 5.10 Å². The minimum absolute atomic E-state index is 0.246. The van der Waals surface area contributed by atoms with Crippen molar-refractivity contribution in [3.63, 3.8) is 0 Å². The number of halogens is 1. The highest BCUT2D eigenvalue weighted by atomic mass is 19.1. The maximum atomic E-state index is 12.5. The van der Waals surface area contributed by atoms with Crippen molar-refractivity contribution in [1.29, 1.82) is 0 Å². The summed E-state index contributed by atoms with van der Waals surface area (Å²) in [4.78, 5) is 8.92. The van der Waals surface area contributed by atoms with Crippen molar-refractivity contribution < 1.29 is 4.39 Å². The van der Waals surface area contributed by atoms with Crippen molar-refractivity contribution in [2.45, 2.75) is 32.9 Å². The minimum atomic E-state index is -0.442. The Morgan fingerprint density at radius 1 is 1.22 bits per heavy atom. The summed E-state index contributed by atoms with van der Waals surface area (Å²) in [6.07, 6.45) is 7.30. The molecule has 0 saturated heterocycles. The number of aromatic nitrogens is 6. The SMILES string of the molecule is CCCCn1nc(-c2ccccn2)nc1-c1cnn(CCF)c1. The topological polar surface area (TPSA) is 61.4 Å². The van der Waals surface area contributed by atoms with Crippen LogP contribution in [0.3, 0.4) is 0 Å². The molecule has 0 bridgehead atoms. The number of rotatable bonds is 7. The highest BCUT2D eigenvalue weighted by Crippen LogP contribution is 2.21.